The Kier molecular flexibility index (Phi) is 6.28. The van der Waals surface area contributed by atoms with Gasteiger partial charge in [-0.3, -0.25) is 9.59 Å². The number of hydrogen-bond acceptors (Lipinski definition) is 5. The quantitative estimate of drug-likeness (QED) is 0.720. The summed E-state index contributed by atoms with van der Waals surface area (Å²) in [5.41, 5.74) is 0. The maximum Gasteiger partial charge on any atom is 0.316 e. The van der Waals surface area contributed by atoms with Crippen LogP contribution in [0.5, 0.6) is 0 Å². The molecule has 0 spiro atoms. The van der Waals surface area contributed by atoms with Crippen molar-refractivity contribution in [3.8, 4) is 0 Å². The van der Waals surface area contributed by atoms with E-state index in [0.29, 0.717) is 32.6 Å². The van der Waals surface area contributed by atoms with Crippen LogP contribution in [-0.2, 0) is 19.6 Å². The highest BCUT2D eigenvalue weighted by molar-refractivity contribution is 8.01. The maximum atomic E-state index is 11.9. The summed E-state index contributed by atoms with van der Waals surface area (Å²) in [6.07, 6.45) is 1.62. The Morgan fingerprint density at radius 3 is 2.20 bits per heavy atom. The van der Waals surface area contributed by atoms with Crippen LogP contribution in [0.25, 0.3) is 0 Å². The summed E-state index contributed by atoms with van der Waals surface area (Å²) in [7, 11) is -3.20. The van der Waals surface area contributed by atoms with Gasteiger partial charge in [0, 0.05) is 26.2 Å². The Bertz CT molecular complexity index is 457. The molecule has 0 aromatic carbocycles. The fourth-order valence-electron chi connectivity index (χ4n) is 1.90. The van der Waals surface area contributed by atoms with Crippen molar-refractivity contribution < 1.29 is 23.1 Å². The fourth-order valence-corrected chi connectivity index (χ4v) is 3.63. The molecule has 1 aliphatic rings. The van der Waals surface area contributed by atoms with Crippen LogP contribution in [0, 0.1) is 0 Å². The van der Waals surface area contributed by atoms with Gasteiger partial charge in [-0.05, 0) is 6.42 Å². The number of carbonyl (C=O) groups is 2. The number of carbonyl (C=O) groups excluding carboxylic acids is 1. The number of nitrogens with zero attached hydrogens (tertiary/aromatic N) is 2. The molecule has 0 radical (unpaired) electrons. The third kappa shape index (κ3) is 4.95. The molecule has 0 saturated carbocycles. The monoisotopic (exact) mass is 324 g/mol. The molecule has 1 amide bonds. The molecule has 116 valence electrons. The van der Waals surface area contributed by atoms with Crippen LogP contribution in [0.4, 0.5) is 0 Å². The lowest BCUT2D eigenvalue weighted by atomic mass is 10.3. The van der Waals surface area contributed by atoms with Crippen molar-refractivity contribution in [2.24, 2.45) is 0 Å². The second-order valence-corrected chi connectivity index (χ2v) is 7.76. The van der Waals surface area contributed by atoms with Gasteiger partial charge in [0.25, 0.3) is 0 Å². The van der Waals surface area contributed by atoms with Crippen molar-refractivity contribution in [2.75, 3.05) is 38.2 Å². The maximum absolute atomic E-state index is 11.9. The number of thioether (sulfide) groups is 1. The molecule has 0 aliphatic carbocycles. The Hall–Kier alpha value is -0.800. The third-order valence-electron chi connectivity index (χ3n) is 3.11. The van der Waals surface area contributed by atoms with Crippen LogP contribution < -0.4 is 0 Å². The number of carboxylic acids is 1. The molecular weight excluding hydrogens is 304 g/mol. The number of rotatable bonds is 6. The molecule has 1 heterocycles. The molecule has 20 heavy (non-hydrogen) atoms. The van der Waals surface area contributed by atoms with Crippen molar-refractivity contribution in [3.05, 3.63) is 0 Å². The molecule has 1 N–H and O–H groups in total. The Morgan fingerprint density at radius 1 is 1.25 bits per heavy atom. The summed E-state index contributed by atoms with van der Waals surface area (Å²) < 4.78 is 24.0. The smallest absolute Gasteiger partial charge is 0.316 e. The molecule has 1 saturated heterocycles. The first-order chi connectivity index (χ1) is 9.25. The molecule has 9 heteroatoms. The summed E-state index contributed by atoms with van der Waals surface area (Å²) >= 11 is 1.12. The predicted octanol–water partition coefficient (Wildman–Crippen LogP) is -0.313. The molecular formula is C11H20N2O5S2. The van der Waals surface area contributed by atoms with Crippen molar-refractivity contribution in [1.29, 1.82) is 0 Å². The number of carboxylic acid groups (broad SMARTS) is 1. The molecule has 0 aromatic heterocycles. The highest BCUT2D eigenvalue weighted by atomic mass is 32.2. The zero-order valence-electron chi connectivity index (χ0n) is 11.6. The molecule has 0 bridgehead atoms. The van der Waals surface area contributed by atoms with E-state index in [4.69, 9.17) is 5.11 Å². The van der Waals surface area contributed by atoms with E-state index in [0.717, 1.165) is 18.0 Å². The molecule has 1 unspecified atom stereocenters. The van der Waals surface area contributed by atoms with Gasteiger partial charge in [0.15, 0.2) is 0 Å². The number of hydrogen-bond donors (Lipinski definition) is 1. The van der Waals surface area contributed by atoms with Gasteiger partial charge in [-0.15, -0.1) is 11.8 Å². The lowest BCUT2D eigenvalue weighted by Gasteiger charge is -2.33. The summed E-state index contributed by atoms with van der Waals surface area (Å²) in [6, 6.07) is 0. The molecule has 1 fully saturated rings. The van der Waals surface area contributed by atoms with Gasteiger partial charge in [-0.1, -0.05) is 6.92 Å². The molecule has 0 aromatic rings. The predicted molar refractivity (Wildman–Crippen MR) is 77.2 cm³/mol. The Morgan fingerprint density at radius 2 is 1.80 bits per heavy atom. The molecule has 7 nitrogen and oxygen atoms in total. The lowest BCUT2D eigenvalue weighted by molar-refractivity contribution is -0.136. The SMILES string of the molecule is CCC(SCC(=O)N1CCN(S(C)(=O)=O)CC1)C(=O)O. The highest BCUT2D eigenvalue weighted by Gasteiger charge is 2.26. The van der Waals surface area contributed by atoms with E-state index >= 15 is 0 Å². The van der Waals surface area contributed by atoms with Crippen LogP contribution in [0.3, 0.4) is 0 Å². The average Bonchev–Trinajstić information content (AvgIpc) is 2.38. The van der Waals surface area contributed by atoms with Gasteiger partial charge in [0.05, 0.1) is 12.0 Å². The van der Waals surface area contributed by atoms with E-state index in [-0.39, 0.29) is 11.7 Å². The van der Waals surface area contributed by atoms with Crippen molar-refractivity contribution in [2.45, 2.75) is 18.6 Å². The summed E-state index contributed by atoms with van der Waals surface area (Å²) in [6.45, 7) is 3.07. The first-order valence-corrected chi connectivity index (χ1v) is 9.22. The van der Waals surface area contributed by atoms with Crippen molar-refractivity contribution in [3.63, 3.8) is 0 Å². The minimum Gasteiger partial charge on any atom is -0.480 e. The molecule has 1 rings (SSSR count). The van der Waals surface area contributed by atoms with E-state index in [9.17, 15) is 18.0 Å². The first-order valence-electron chi connectivity index (χ1n) is 6.33. The van der Waals surface area contributed by atoms with Crippen LogP contribution in [0.15, 0.2) is 0 Å². The first kappa shape index (κ1) is 17.3. The van der Waals surface area contributed by atoms with Crippen LogP contribution in [0.1, 0.15) is 13.3 Å². The average molecular weight is 324 g/mol. The van der Waals surface area contributed by atoms with Crippen molar-refractivity contribution >= 4 is 33.7 Å². The lowest BCUT2D eigenvalue weighted by Crippen LogP contribution is -2.50. The minimum atomic E-state index is -3.20. The molecule has 1 aliphatic heterocycles. The van der Waals surface area contributed by atoms with Gasteiger partial charge < -0.3 is 10.0 Å². The highest BCUT2D eigenvalue weighted by Crippen LogP contribution is 2.16. The largest absolute Gasteiger partial charge is 0.480 e. The van der Waals surface area contributed by atoms with Gasteiger partial charge in [0.2, 0.25) is 15.9 Å². The topological polar surface area (TPSA) is 95.0 Å². The van der Waals surface area contributed by atoms with Crippen LogP contribution in [-0.4, -0.2) is 78.0 Å². The second-order valence-electron chi connectivity index (χ2n) is 4.59. The van der Waals surface area contributed by atoms with E-state index in [1.165, 1.54) is 4.31 Å². The van der Waals surface area contributed by atoms with E-state index in [2.05, 4.69) is 0 Å². The van der Waals surface area contributed by atoms with Crippen LogP contribution in [0.2, 0.25) is 0 Å². The number of aliphatic carboxylic acids is 1. The van der Waals surface area contributed by atoms with Crippen LogP contribution >= 0.6 is 11.8 Å². The third-order valence-corrected chi connectivity index (χ3v) is 5.77. The van der Waals surface area contributed by atoms with Gasteiger partial charge >= 0.3 is 5.97 Å². The Labute approximate surface area is 123 Å². The minimum absolute atomic E-state index is 0.115. The fraction of sp³-hybridized carbons (Fsp3) is 0.818. The normalized spacial score (nSPS) is 18.8. The van der Waals surface area contributed by atoms with Gasteiger partial charge in [-0.25, -0.2) is 8.42 Å². The van der Waals surface area contributed by atoms with Gasteiger partial charge in [-0.2, -0.15) is 4.31 Å². The van der Waals surface area contributed by atoms with Gasteiger partial charge in [0.1, 0.15) is 5.25 Å². The van der Waals surface area contributed by atoms with Crippen molar-refractivity contribution in [1.82, 2.24) is 9.21 Å². The number of sulfonamides is 1. The van der Waals surface area contributed by atoms with E-state index < -0.39 is 21.2 Å². The summed E-state index contributed by atoms with van der Waals surface area (Å²) in [5.74, 6) is -0.931. The summed E-state index contributed by atoms with van der Waals surface area (Å²) in [4.78, 5) is 24.4. The summed E-state index contributed by atoms with van der Waals surface area (Å²) in [5, 5.41) is 8.33. The number of amides is 1. The zero-order valence-corrected chi connectivity index (χ0v) is 13.2. The number of piperazine rings is 1. The Balaban J connectivity index is 2.42. The standard InChI is InChI=1S/C11H20N2O5S2/c1-3-9(11(15)16)19-8-10(14)12-4-6-13(7-5-12)20(2,17)18/h9H,3-8H2,1-2H3,(H,15,16). The molecule has 1 atom stereocenters. The second kappa shape index (κ2) is 7.28. The zero-order chi connectivity index (χ0) is 15.3. The van der Waals surface area contributed by atoms with E-state index in [1.807, 2.05) is 0 Å². The van der Waals surface area contributed by atoms with E-state index in [1.54, 1.807) is 11.8 Å².